The number of nitrogens with zero attached hydrogens (tertiary/aromatic N) is 1. The number of sulfonamides is 1. The monoisotopic (exact) mass is 492 g/mol. The number of aryl methyl sites for hydroxylation is 3. The molecule has 4 rings (SSSR count). The molecule has 0 unspecified atom stereocenters. The van der Waals surface area contributed by atoms with Crippen LogP contribution in [0.4, 0.5) is 11.4 Å². The Labute approximate surface area is 207 Å². The lowest BCUT2D eigenvalue weighted by Gasteiger charge is -2.31. The van der Waals surface area contributed by atoms with Crippen LogP contribution in [0.5, 0.6) is 0 Å². The standard InChI is InChI=1S/C27H32N4O3S/c1-19-5-4-6-22(15-19)18-29-27(32)23-9-10-25(31-13-11-28-12-14-31)24(17-23)30-35(33,34)26-16-20(2)7-8-21(26)3/h4-10,15-17,28,30H,11-14,18H2,1-3H3,(H,29,32). The second kappa shape index (κ2) is 10.5. The molecule has 0 saturated carbocycles. The van der Waals surface area contributed by atoms with Gasteiger partial charge in [0.25, 0.3) is 15.9 Å². The average molecular weight is 493 g/mol. The van der Waals surface area contributed by atoms with Crippen LogP contribution in [-0.2, 0) is 16.6 Å². The summed E-state index contributed by atoms with van der Waals surface area (Å²) < 4.78 is 29.6. The smallest absolute Gasteiger partial charge is 0.262 e. The molecule has 35 heavy (non-hydrogen) atoms. The minimum Gasteiger partial charge on any atom is -0.367 e. The molecule has 0 bridgehead atoms. The van der Waals surface area contributed by atoms with E-state index in [1.165, 1.54) is 0 Å². The zero-order valence-corrected chi connectivity index (χ0v) is 21.2. The van der Waals surface area contributed by atoms with Crippen LogP contribution in [0.15, 0.2) is 65.6 Å². The Morgan fingerprint density at radius 2 is 1.69 bits per heavy atom. The highest BCUT2D eigenvalue weighted by Crippen LogP contribution is 2.31. The first kappa shape index (κ1) is 24.8. The Balaban J connectivity index is 1.64. The molecule has 1 aliphatic rings. The molecule has 3 aromatic carbocycles. The van der Waals surface area contributed by atoms with E-state index in [1.54, 1.807) is 31.2 Å². The SMILES string of the molecule is Cc1cccc(CNC(=O)c2ccc(N3CCNCC3)c(NS(=O)(=O)c3cc(C)ccc3C)c2)c1. The number of amides is 1. The van der Waals surface area contributed by atoms with E-state index in [9.17, 15) is 13.2 Å². The van der Waals surface area contributed by atoms with Crippen LogP contribution in [0.2, 0.25) is 0 Å². The maximum absolute atomic E-state index is 13.4. The molecular weight excluding hydrogens is 460 g/mol. The number of anilines is 2. The first-order chi connectivity index (χ1) is 16.7. The number of carbonyl (C=O) groups is 1. The van der Waals surface area contributed by atoms with E-state index >= 15 is 0 Å². The van der Waals surface area contributed by atoms with Crippen molar-refractivity contribution in [3.05, 3.63) is 88.5 Å². The van der Waals surface area contributed by atoms with Gasteiger partial charge in [0.2, 0.25) is 0 Å². The Kier molecular flexibility index (Phi) is 7.42. The van der Waals surface area contributed by atoms with E-state index in [2.05, 4.69) is 20.3 Å². The Morgan fingerprint density at radius 1 is 0.943 bits per heavy atom. The number of hydrogen-bond acceptors (Lipinski definition) is 5. The van der Waals surface area contributed by atoms with Gasteiger partial charge in [-0.25, -0.2) is 8.42 Å². The summed E-state index contributed by atoms with van der Waals surface area (Å²) in [6.07, 6.45) is 0. The molecule has 1 heterocycles. The third-order valence-electron chi connectivity index (χ3n) is 6.13. The fraction of sp³-hybridized carbons (Fsp3) is 0.296. The normalized spacial score (nSPS) is 14.0. The Morgan fingerprint density at radius 3 is 2.43 bits per heavy atom. The first-order valence-electron chi connectivity index (χ1n) is 11.8. The van der Waals surface area contributed by atoms with E-state index in [1.807, 2.05) is 50.2 Å². The zero-order chi connectivity index (χ0) is 25.0. The molecule has 1 saturated heterocycles. The van der Waals surface area contributed by atoms with Crippen molar-refractivity contribution < 1.29 is 13.2 Å². The molecule has 1 aliphatic heterocycles. The van der Waals surface area contributed by atoms with Crippen LogP contribution in [0.25, 0.3) is 0 Å². The second-order valence-corrected chi connectivity index (χ2v) is 10.7. The van der Waals surface area contributed by atoms with Crippen molar-refractivity contribution in [1.82, 2.24) is 10.6 Å². The van der Waals surface area contributed by atoms with Crippen LogP contribution in [-0.4, -0.2) is 40.5 Å². The van der Waals surface area contributed by atoms with Gasteiger partial charge in [0.1, 0.15) is 0 Å². The number of carbonyl (C=O) groups excluding carboxylic acids is 1. The van der Waals surface area contributed by atoms with Crippen LogP contribution >= 0.6 is 0 Å². The lowest BCUT2D eigenvalue weighted by Crippen LogP contribution is -2.43. The van der Waals surface area contributed by atoms with Crippen LogP contribution in [0.3, 0.4) is 0 Å². The van der Waals surface area contributed by atoms with Gasteiger partial charge in [-0.1, -0.05) is 42.0 Å². The molecule has 0 spiro atoms. The van der Waals surface area contributed by atoms with Gasteiger partial charge in [0.05, 0.1) is 16.3 Å². The minimum absolute atomic E-state index is 0.234. The van der Waals surface area contributed by atoms with Crippen LogP contribution in [0, 0.1) is 20.8 Å². The third-order valence-corrected chi connectivity index (χ3v) is 7.64. The number of benzene rings is 3. The van der Waals surface area contributed by atoms with Crippen molar-refractivity contribution in [2.24, 2.45) is 0 Å². The number of piperazine rings is 1. The van der Waals surface area contributed by atoms with E-state index in [0.717, 1.165) is 48.6 Å². The fourth-order valence-corrected chi connectivity index (χ4v) is 5.64. The number of hydrogen-bond donors (Lipinski definition) is 3. The summed E-state index contributed by atoms with van der Waals surface area (Å²) >= 11 is 0. The predicted molar refractivity (Wildman–Crippen MR) is 141 cm³/mol. The average Bonchev–Trinajstić information content (AvgIpc) is 2.84. The van der Waals surface area contributed by atoms with Crippen molar-refractivity contribution in [3.8, 4) is 0 Å². The van der Waals surface area contributed by atoms with Gasteiger partial charge in [-0.2, -0.15) is 0 Å². The zero-order valence-electron chi connectivity index (χ0n) is 20.4. The summed E-state index contributed by atoms with van der Waals surface area (Å²) in [5.41, 5.74) is 5.22. The maximum atomic E-state index is 13.4. The van der Waals surface area contributed by atoms with Crippen molar-refractivity contribution in [2.75, 3.05) is 35.8 Å². The van der Waals surface area contributed by atoms with Crippen molar-refractivity contribution in [2.45, 2.75) is 32.2 Å². The molecule has 1 amide bonds. The van der Waals surface area contributed by atoms with Crippen LogP contribution < -0.4 is 20.3 Å². The molecule has 184 valence electrons. The van der Waals surface area contributed by atoms with E-state index in [-0.39, 0.29) is 10.8 Å². The molecule has 0 aromatic heterocycles. The lowest BCUT2D eigenvalue weighted by molar-refractivity contribution is 0.0951. The summed E-state index contributed by atoms with van der Waals surface area (Å²) in [6, 6.07) is 18.5. The molecular formula is C27H32N4O3S. The van der Waals surface area contributed by atoms with E-state index < -0.39 is 10.0 Å². The topological polar surface area (TPSA) is 90.5 Å². The van der Waals surface area contributed by atoms with Gasteiger partial charge in [0.15, 0.2) is 0 Å². The first-order valence-corrected chi connectivity index (χ1v) is 13.2. The Hall–Kier alpha value is -3.36. The summed E-state index contributed by atoms with van der Waals surface area (Å²) in [5, 5.41) is 6.25. The van der Waals surface area contributed by atoms with Gasteiger partial charge in [-0.05, 0) is 61.7 Å². The Bertz CT molecular complexity index is 1330. The summed E-state index contributed by atoms with van der Waals surface area (Å²) in [4.78, 5) is 15.3. The third kappa shape index (κ3) is 6.01. The van der Waals surface area contributed by atoms with Gasteiger partial charge >= 0.3 is 0 Å². The predicted octanol–water partition coefficient (Wildman–Crippen LogP) is 3.75. The van der Waals surface area contributed by atoms with Crippen molar-refractivity contribution in [1.29, 1.82) is 0 Å². The molecule has 3 N–H and O–H groups in total. The summed E-state index contributed by atoms with van der Waals surface area (Å²) in [6.45, 7) is 9.15. The van der Waals surface area contributed by atoms with Gasteiger partial charge < -0.3 is 15.5 Å². The molecule has 0 radical (unpaired) electrons. The van der Waals surface area contributed by atoms with Gasteiger partial charge in [-0.3, -0.25) is 9.52 Å². The molecule has 0 atom stereocenters. The van der Waals surface area contributed by atoms with E-state index in [0.29, 0.717) is 23.4 Å². The maximum Gasteiger partial charge on any atom is 0.262 e. The summed E-state index contributed by atoms with van der Waals surface area (Å²) in [7, 11) is -3.85. The minimum atomic E-state index is -3.85. The van der Waals surface area contributed by atoms with Gasteiger partial charge in [0, 0.05) is 38.3 Å². The lowest BCUT2D eigenvalue weighted by atomic mass is 10.1. The molecule has 8 heteroatoms. The van der Waals surface area contributed by atoms with E-state index in [4.69, 9.17) is 0 Å². The molecule has 0 aliphatic carbocycles. The van der Waals surface area contributed by atoms with Crippen molar-refractivity contribution in [3.63, 3.8) is 0 Å². The van der Waals surface area contributed by atoms with Crippen LogP contribution in [0.1, 0.15) is 32.6 Å². The number of nitrogens with one attached hydrogen (secondary N) is 3. The largest absolute Gasteiger partial charge is 0.367 e. The highest BCUT2D eigenvalue weighted by Gasteiger charge is 2.22. The molecule has 1 fully saturated rings. The van der Waals surface area contributed by atoms with Crippen molar-refractivity contribution >= 4 is 27.3 Å². The second-order valence-electron chi connectivity index (χ2n) is 9.02. The van der Waals surface area contributed by atoms with Gasteiger partial charge in [-0.15, -0.1) is 0 Å². The fourth-order valence-electron chi connectivity index (χ4n) is 4.24. The number of rotatable bonds is 7. The highest BCUT2D eigenvalue weighted by atomic mass is 32.2. The summed E-state index contributed by atoms with van der Waals surface area (Å²) in [5.74, 6) is -0.259. The highest BCUT2D eigenvalue weighted by molar-refractivity contribution is 7.92. The molecule has 3 aromatic rings. The molecule has 7 nitrogen and oxygen atoms in total. The quantitative estimate of drug-likeness (QED) is 0.467.